The Balaban J connectivity index is 1.81. The first-order chi connectivity index (χ1) is 12.2. The number of thiophene rings is 1. The Hall–Kier alpha value is -2.22. The number of hydrogen-bond acceptors (Lipinski definition) is 5. The molecule has 5 rings (SSSR count). The monoisotopic (exact) mass is 372 g/mol. The van der Waals surface area contributed by atoms with Gasteiger partial charge in [-0.25, -0.2) is 9.78 Å². The van der Waals surface area contributed by atoms with Crippen LogP contribution in [-0.4, -0.2) is 25.8 Å². The van der Waals surface area contributed by atoms with E-state index in [1.165, 1.54) is 21.3 Å². The molecule has 8 heteroatoms. The van der Waals surface area contributed by atoms with Crippen molar-refractivity contribution in [1.29, 1.82) is 0 Å². The van der Waals surface area contributed by atoms with Gasteiger partial charge in [-0.3, -0.25) is 4.57 Å². The van der Waals surface area contributed by atoms with Crippen LogP contribution in [0.2, 0.25) is 5.02 Å². The van der Waals surface area contributed by atoms with Crippen LogP contribution in [0.5, 0.6) is 0 Å². The summed E-state index contributed by atoms with van der Waals surface area (Å²) in [6, 6.07) is 7.53. The van der Waals surface area contributed by atoms with Gasteiger partial charge in [-0.15, -0.1) is 11.3 Å². The van der Waals surface area contributed by atoms with E-state index < -0.39 is 0 Å². The van der Waals surface area contributed by atoms with Gasteiger partial charge in [-0.1, -0.05) is 23.7 Å². The lowest BCUT2D eigenvalue weighted by atomic mass is 10.1. The number of hydrogen-bond donors (Lipinski definition) is 0. The molecule has 1 aliphatic rings. The average molecular weight is 373 g/mol. The van der Waals surface area contributed by atoms with Gasteiger partial charge in [0.1, 0.15) is 11.2 Å². The lowest BCUT2D eigenvalue weighted by Gasteiger charge is -2.12. The van der Waals surface area contributed by atoms with E-state index in [-0.39, 0.29) is 5.69 Å². The third-order valence-corrected chi connectivity index (χ3v) is 5.96. The molecule has 1 aliphatic heterocycles. The molecule has 25 heavy (non-hydrogen) atoms. The molecule has 0 spiro atoms. The highest BCUT2D eigenvalue weighted by Gasteiger charge is 2.23. The minimum absolute atomic E-state index is 0.186. The van der Waals surface area contributed by atoms with Gasteiger partial charge < -0.3 is 4.74 Å². The fourth-order valence-electron chi connectivity index (χ4n) is 3.30. The maximum absolute atomic E-state index is 13.0. The van der Waals surface area contributed by atoms with Gasteiger partial charge in [0.05, 0.1) is 25.1 Å². The van der Waals surface area contributed by atoms with Crippen molar-refractivity contribution < 1.29 is 4.74 Å². The summed E-state index contributed by atoms with van der Waals surface area (Å²) in [5.74, 6) is 0. The summed E-state index contributed by atoms with van der Waals surface area (Å²) in [5.41, 5.74) is 2.69. The zero-order chi connectivity index (χ0) is 17.0. The molecular formula is C17H13ClN4O2S. The van der Waals surface area contributed by atoms with Crippen LogP contribution >= 0.6 is 22.9 Å². The number of halogens is 1. The van der Waals surface area contributed by atoms with E-state index in [1.54, 1.807) is 15.9 Å². The van der Waals surface area contributed by atoms with Crippen LogP contribution < -0.4 is 5.69 Å². The van der Waals surface area contributed by atoms with Crippen LogP contribution in [0.1, 0.15) is 16.0 Å². The number of nitrogens with zero attached hydrogens (tertiary/aromatic N) is 4. The van der Waals surface area contributed by atoms with Crippen molar-refractivity contribution in [3.05, 3.63) is 62.1 Å². The molecule has 0 fully saturated rings. The maximum atomic E-state index is 13.0. The molecule has 0 radical (unpaired) electrons. The molecule has 4 heterocycles. The Kier molecular flexibility index (Phi) is 3.41. The summed E-state index contributed by atoms with van der Waals surface area (Å²) in [4.78, 5) is 19.4. The third-order valence-electron chi connectivity index (χ3n) is 4.48. The molecule has 0 amide bonds. The van der Waals surface area contributed by atoms with E-state index in [0.29, 0.717) is 30.4 Å². The molecule has 3 aromatic heterocycles. The Morgan fingerprint density at radius 3 is 2.96 bits per heavy atom. The van der Waals surface area contributed by atoms with Crippen LogP contribution in [0, 0.1) is 0 Å². The average Bonchev–Trinajstić information content (AvgIpc) is 3.24. The molecule has 0 aliphatic carbocycles. The molecular weight excluding hydrogens is 360 g/mol. The normalized spacial score (nSPS) is 14.3. The zero-order valence-electron chi connectivity index (χ0n) is 13.1. The Morgan fingerprint density at radius 1 is 1.28 bits per heavy atom. The van der Waals surface area contributed by atoms with Gasteiger partial charge in [0.15, 0.2) is 5.65 Å². The third kappa shape index (κ3) is 2.31. The minimum atomic E-state index is -0.186. The quantitative estimate of drug-likeness (QED) is 0.543. The van der Waals surface area contributed by atoms with E-state index in [9.17, 15) is 4.79 Å². The first-order valence-corrected chi connectivity index (χ1v) is 9.11. The van der Waals surface area contributed by atoms with E-state index in [0.717, 1.165) is 22.2 Å². The van der Waals surface area contributed by atoms with E-state index in [4.69, 9.17) is 16.3 Å². The number of rotatable bonds is 2. The lowest BCUT2D eigenvalue weighted by molar-refractivity contribution is 0.114. The number of ether oxygens (including phenoxy) is 1. The lowest BCUT2D eigenvalue weighted by Crippen LogP contribution is -2.27. The van der Waals surface area contributed by atoms with Crippen molar-refractivity contribution in [2.45, 2.75) is 19.6 Å². The Labute approximate surface area is 151 Å². The highest BCUT2D eigenvalue weighted by molar-refractivity contribution is 7.19. The second kappa shape index (κ2) is 5.66. The first-order valence-electron chi connectivity index (χ1n) is 7.91. The minimum Gasteiger partial charge on any atom is -0.376 e. The van der Waals surface area contributed by atoms with E-state index in [1.807, 2.05) is 24.3 Å². The molecule has 4 aromatic rings. The van der Waals surface area contributed by atoms with Gasteiger partial charge in [-0.05, 0) is 29.7 Å². The van der Waals surface area contributed by atoms with Crippen LogP contribution in [0.15, 0.2) is 35.4 Å². The van der Waals surface area contributed by atoms with Crippen molar-refractivity contribution in [3.63, 3.8) is 0 Å². The maximum Gasteiger partial charge on any atom is 0.352 e. The smallest absolute Gasteiger partial charge is 0.352 e. The molecule has 0 saturated carbocycles. The van der Waals surface area contributed by atoms with Gasteiger partial charge in [-0.2, -0.15) is 9.61 Å². The van der Waals surface area contributed by atoms with Crippen LogP contribution in [0.4, 0.5) is 0 Å². The summed E-state index contributed by atoms with van der Waals surface area (Å²) in [6.45, 7) is 1.74. The second-order valence-corrected chi connectivity index (χ2v) is 7.50. The fraction of sp³-hybridized carbons (Fsp3) is 0.235. The molecule has 1 aromatic carbocycles. The van der Waals surface area contributed by atoms with Crippen molar-refractivity contribution in [3.8, 4) is 0 Å². The Morgan fingerprint density at radius 2 is 2.12 bits per heavy atom. The van der Waals surface area contributed by atoms with Gasteiger partial charge in [0.2, 0.25) is 0 Å². The largest absolute Gasteiger partial charge is 0.376 e. The van der Waals surface area contributed by atoms with E-state index >= 15 is 0 Å². The number of fused-ring (bicyclic) bond motifs is 5. The van der Waals surface area contributed by atoms with Crippen molar-refractivity contribution in [2.24, 2.45) is 0 Å². The first kappa shape index (κ1) is 15.1. The molecule has 0 saturated heterocycles. The summed E-state index contributed by atoms with van der Waals surface area (Å²) in [6.07, 6.45) is 2.27. The van der Waals surface area contributed by atoms with Crippen molar-refractivity contribution >= 4 is 38.8 Å². The summed E-state index contributed by atoms with van der Waals surface area (Å²) in [5, 5.41) is 5.84. The Bertz CT molecular complexity index is 1160. The number of benzene rings is 1. The highest BCUT2D eigenvalue weighted by atomic mass is 35.5. The molecule has 0 bridgehead atoms. The van der Waals surface area contributed by atoms with Gasteiger partial charge in [0, 0.05) is 9.90 Å². The molecule has 0 N–H and O–H groups in total. The standard InChI is InChI=1S/C17H13ClN4O2S/c18-11-3-1-10(2-4-11)7-21-16-14(12-5-6-24-8-13(12)25-16)15-19-9-20-22(15)17(21)23/h1-4,9H,5-8H2. The van der Waals surface area contributed by atoms with Gasteiger partial charge in [0.25, 0.3) is 0 Å². The summed E-state index contributed by atoms with van der Waals surface area (Å²) in [7, 11) is 0. The van der Waals surface area contributed by atoms with Crippen LogP contribution in [-0.2, 0) is 24.3 Å². The molecule has 6 nitrogen and oxygen atoms in total. The van der Waals surface area contributed by atoms with E-state index in [2.05, 4.69) is 10.1 Å². The topological polar surface area (TPSA) is 61.4 Å². The summed E-state index contributed by atoms with van der Waals surface area (Å²) >= 11 is 7.58. The zero-order valence-corrected chi connectivity index (χ0v) is 14.7. The SMILES string of the molecule is O=c1n(Cc2ccc(Cl)cc2)c2sc3c(c2c2ncnn12)CCOC3. The fourth-order valence-corrected chi connectivity index (χ4v) is 4.70. The van der Waals surface area contributed by atoms with Crippen LogP contribution in [0.3, 0.4) is 0 Å². The predicted molar refractivity (Wildman–Crippen MR) is 96.5 cm³/mol. The van der Waals surface area contributed by atoms with Crippen LogP contribution in [0.25, 0.3) is 15.9 Å². The van der Waals surface area contributed by atoms with Gasteiger partial charge >= 0.3 is 5.69 Å². The molecule has 0 atom stereocenters. The molecule has 0 unspecified atom stereocenters. The second-order valence-electron chi connectivity index (χ2n) is 5.98. The van der Waals surface area contributed by atoms with Crippen molar-refractivity contribution in [1.82, 2.24) is 19.2 Å². The number of aromatic nitrogens is 4. The van der Waals surface area contributed by atoms with Crippen molar-refractivity contribution in [2.75, 3.05) is 6.61 Å². The molecule has 126 valence electrons. The summed E-state index contributed by atoms with van der Waals surface area (Å²) < 4.78 is 8.74. The highest BCUT2D eigenvalue weighted by Crippen LogP contribution is 2.35. The predicted octanol–water partition coefficient (Wildman–Crippen LogP) is 2.88.